The Kier molecular flexibility index (Phi) is 19.9. The van der Waals surface area contributed by atoms with E-state index in [9.17, 15) is 0 Å². The SMILES string of the molecule is [CH2]CC.[CaH2]. The molecule has 0 aromatic carbocycles. The Hall–Kier alpha value is 1.26. The molecule has 0 heterocycles. The molecule has 4 heavy (non-hydrogen) atoms. The van der Waals surface area contributed by atoms with Crippen LogP contribution in [0.5, 0.6) is 0 Å². The molecule has 23 valence electrons. The van der Waals surface area contributed by atoms with Gasteiger partial charge < -0.3 is 0 Å². The van der Waals surface area contributed by atoms with Crippen LogP contribution in [-0.2, 0) is 0 Å². The van der Waals surface area contributed by atoms with E-state index in [4.69, 9.17) is 0 Å². The van der Waals surface area contributed by atoms with Crippen LogP contribution in [0.4, 0.5) is 0 Å². The van der Waals surface area contributed by atoms with Gasteiger partial charge in [-0.05, 0) is 0 Å². The molecule has 0 aromatic rings. The van der Waals surface area contributed by atoms with Crippen molar-refractivity contribution in [2.45, 2.75) is 13.3 Å². The minimum absolute atomic E-state index is 0. The van der Waals surface area contributed by atoms with Gasteiger partial charge >= 0.3 is 37.7 Å². The second-order valence-electron chi connectivity index (χ2n) is 0.500. The summed E-state index contributed by atoms with van der Waals surface area (Å²) >= 11 is 0. The van der Waals surface area contributed by atoms with E-state index < -0.39 is 0 Å². The molecular formula is C3H9Ca. The summed E-state index contributed by atoms with van der Waals surface area (Å²) < 4.78 is 0. The molecule has 0 saturated heterocycles. The fourth-order valence-corrected chi connectivity index (χ4v) is 0. The molecule has 1 radical (unpaired) electrons. The Labute approximate surface area is 57.6 Å². The normalized spacial score (nSPS) is 4.50. The summed E-state index contributed by atoms with van der Waals surface area (Å²) in [4.78, 5) is 0. The zero-order valence-electron chi connectivity index (χ0n) is 2.41. The molecule has 0 unspecified atom stereocenters. The zero-order chi connectivity index (χ0) is 2.71. The second kappa shape index (κ2) is 8.86. The summed E-state index contributed by atoms with van der Waals surface area (Å²) in [7, 11) is 0. The molecule has 0 aliphatic heterocycles. The van der Waals surface area contributed by atoms with E-state index in [1.807, 2.05) is 6.92 Å². The van der Waals surface area contributed by atoms with Crippen molar-refractivity contribution in [3.63, 3.8) is 0 Å². The fraction of sp³-hybridized carbons (Fsp3) is 0.667. The molecule has 0 aromatic heterocycles. The topological polar surface area (TPSA) is 0 Å². The second-order valence-corrected chi connectivity index (χ2v) is 0.500. The van der Waals surface area contributed by atoms with Gasteiger partial charge in [0, 0.05) is 0 Å². The van der Waals surface area contributed by atoms with Gasteiger partial charge in [-0.25, -0.2) is 0 Å². The van der Waals surface area contributed by atoms with E-state index in [0.29, 0.717) is 0 Å². The van der Waals surface area contributed by atoms with E-state index in [1.165, 1.54) is 0 Å². The van der Waals surface area contributed by atoms with Crippen molar-refractivity contribution in [2.75, 3.05) is 0 Å². The van der Waals surface area contributed by atoms with Gasteiger partial charge in [0.1, 0.15) is 0 Å². The van der Waals surface area contributed by atoms with Crippen molar-refractivity contribution in [2.24, 2.45) is 0 Å². The Bertz CT molecular complexity index is 3.25. The summed E-state index contributed by atoms with van der Waals surface area (Å²) in [5, 5.41) is 0. The molecule has 0 nitrogen and oxygen atoms in total. The number of hydrogen-bond donors (Lipinski definition) is 0. The Morgan fingerprint density at radius 3 is 1.75 bits per heavy atom. The van der Waals surface area contributed by atoms with Crippen molar-refractivity contribution >= 4 is 37.7 Å². The molecular weight excluding hydrogens is 76.1 g/mol. The maximum absolute atomic E-state index is 3.49. The molecule has 0 spiro atoms. The first kappa shape index (κ1) is 8.98. The van der Waals surface area contributed by atoms with Crippen molar-refractivity contribution in [1.29, 1.82) is 0 Å². The van der Waals surface area contributed by atoms with Crippen LogP contribution in [0.15, 0.2) is 0 Å². The molecule has 0 aliphatic carbocycles. The van der Waals surface area contributed by atoms with Crippen LogP contribution in [0.25, 0.3) is 0 Å². The summed E-state index contributed by atoms with van der Waals surface area (Å²) in [5.41, 5.74) is 0. The third-order valence-electron chi connectivity index (χ3n) is 0. The van der Waals surface area contributed by atoms with Gasteiger partial charge in [0.25, 0.3) is 0 Å². The van der Waals surface area contributed by atoms with Crippen LogP contribution in [0.2, 0.25) is 0 Å². The molecule has 0 N–H and O–H groups in total. The molecule has 0 aliphatic rings. The van der Waals surface area contributed by atoms with Gasteiger partial charge in [0.05, 0.1) is 0 Å². The standard InChI is InChI=1S/C3H7.Ca.2H/c1-3-2;;;/h1,3H2,2H3;;;. The Morgan fingerprint density at radius 2 is 1.75 bits per heavy atom. The van der Waals surface area contributed by atoms with Crippen LogP contribution in [0.3, 0.4) is 0 Å². The summed E-state index contributed by atoms with van der Waals surface area (Å²) in [6.07, 6.45) is 1.00. The third-order valence-corrected chi connectivity index (χ3v) is 0. The quantitative estimate of drug-likeness (QED) is 0.371. The van der Waals surface area contributed by atoms with Gasteiger partial charge in [-0.2, -0.15) is 0 Å². The van der Waals surface area contributed by atoms with Gasteiger partial charge in [0.2, 0.25) is 0 Å². The van der Waals surface area contributed by atoms with Gasteiger partial charge in [0.15, 0.2) is 0 Å². The molecule has 0 amide bonds. The van der Waals surface area contributed by atoms with Crippen LogP contribution >= 0.6 is 0 Å². The van der Waals surface area contributed by atoms with E-state index >= 15 is 0 Å². The van der Waals surface area contributed by atoms with Crippen LogP contribution in [0, 0.1) is 6.92 Å². The zero-order valence-corrected chi connectivity index (χ0v) is 2.41. The molecule has 0 rings (SSSR count). The van der Waals surface area contributed by atoms with E-state index in [-0.39, 0.29) is 37.7 Å². The van der Waals surface area contributed by atoms with Crippen LogP contribution < -0.4 is 0 Å². The molecule has 0 saturated carbocycles. The van der Waals surface area contributed by atoms with E-state index in [2.05, 4.69) is 6.92 Å². The monoisotopic (exact) mass is 85.0 g/mol. The minimum atomic E-state index is 0. The molecule has 0 bridgehead atoms. The first-order valence-electron chi connectivity index (χ1n) is 1.21. The van der Waals surface area contributed by atoms with Gasteiger partial charge in [-0.3, -0.25) is 0 Å². The average Bonchev–Trinajstić information content (AvgIpc) is 0.918. The molecule has 0 fully saturated rings. The average molecular weight is 85.2 g/mol. The summed E-state index contributed by atoms with van der Waals surface area (Å²) in [5.74, 6) is 0. The first-order valence-corrected chi connectivity index (χ1v) is 1.21. The van der Waals surface area contributed by atoms with Crippen molar-refractivity contribution in [3.8, 4) is 0 Å². The van der Waals surface area contributed by atoms with Crippen LogP contribution in [-0.4, -0.2) is 37.7 Å². The van der Waals surface area contributed by atoms with Crippen molar-refractivity contribution in [1.82, 2.24) is 0 Å². The van der Waals surface area contributed by atoms with Crippen molar-refractivity contribution < 1.29 is 0 Å². The van der Waals surface area contributed by atoms with E-state index in [1.54, 1.807) is 0 Å². The maximum atomic E-state index is 3.49. The molecule has 0 atom stereocenters. The predicted molar refractivity (Wildman–Crippen MR) is 24.2 cm³/mol. The Morgan fingerprint density at radius 1 is 1.75 bits per heavy atom. The van der Waals surface area contributed by atoms with Gasteiger partial charge in [-0.15, -0.1) is 0 Å². The summed E-state index contributed by atoms with van der Waals surface area (Å²) in [6.45, 7) is 5.50. The number of hydrogen-bond acceptors (Lipinski definition) is 0. The van der Waals surface area contributed by atoms with Crippen molar-refractivity contribution in [3.05, 3.63) is 6.92 Å². The van der Waals surface area contributed by atoms with Crippen LogP contribution in [0.1, 0.15) is 13.3 Å². The first-order chi connectivity index (χ1) is 1.41. The summed E-state index contributed by atoms with van der Waals surface area (Å²) in [6, 6.07) is 0. The predicted octanol–water partition coefficient (Wildman–Crippen LogP) is 0.314. The fourth-order valence-electron chi connectivity index (χ4n) is 0. The molecule has 1 heteroatoms. The third kappa shape index (κ3) is 10.5. The van der Waals surface area contributed by atoms with Gasteiger partial charge in [-0.1, -0.05) is 20.3 Å². The van der Waals surface area contributed by atoms with E-state index in [0.717, 1.165) is 6.42 Å². The number of rotatable bonds is 0. The Balaban J connectivity index is 0.